The molecule has 1 atom stereocenters. The number of rotatable bonds is 7. The molecule has 0 aliphatic heterocycles. The minimum atomic E-state index is -1.82. The van der Waals surface area contributed by atoms with Gasteiger partial charge in [-0.05, 0) is 73.2 Å². The lowest BCUT2D eigenvalue weighted by atomic mass is 10.2. The monoisotopic (exact) mass is 423 g/mol. The van der Waals surface area contributed by atoms with Gasteiger partial charge >= 0.3 is 11.9 Å². The number of hydrogen-bond acceptors (Lipinski definition) is 4. The summed E-state index contributed by atoms with van der Waals surface area (Å²) in [7, 11) is 0. The van der Waals surface area contributed by atoms with Crippen LogP contribution >= 0.6 is 22.6 Å². The van der Waals surface area contributed by atoms with E-state index in [1.807, 2.05) is 12.1 Å². The molecule has 0 aliphatic carbocycles. The van der Waals surface area contributed by atoms with E-state index in [4.69, 9.17) is 24.5 Å². The zero-order chi connectivity index (χ0) is 17.0. The first-order chi connectivity index (χ1) is 10.4. The van der Waals surface area contributed by atoms with E-state index in [1.165, 1.54) is 9.99 Å². The quantitative estimate of drug-likeness (QED) is 0.355. The molecule has 0 saturated heterocycles. The highest BCUT2D eigenvalue weighted by atomic mass is 127. The van der Waals surface area contributed by atoms with Crippen molar-refractivity contribution in [3.05, 3.63) is 27.8 Å². The molecule has 0 bridgehead atoms. The molecule has 1 rings (SSSR count). The molecule has 22 heavy (non-hydrogen) atoms. The van der Waals surface area contributed by atoms with Crippen molar-refractivity contribution in [3.8, 4) is 5.75 Å². The molecule has 0 aliphatic rings. The van der Waals surface area contributed by atoms with Crippen LogP contribution in [0.1, 0.15) is 26.7 Å². The van der Waals surface area contributed by atoms with Gasteiger partial charge in [-0.1, -0.05) is 6.92 Å². The van der Waals surface area contributed by atoms with Gasteiger partial charge in [-0.3, -0.25) is 0 Å². The third-order valence-corrected chi connectivity index (χ3v) is 3.41. The van der Waals surface area contributed by atoms with Crippen molar-refractivity contribution >= 4 is 34.5 Å². The summed E-state index contributed by atoms with van der Waals surface area (Å²) in [5.41, 5.74) is 0. The van der Waals surface area contributed by atoms with E-state index < -0.39 is 11.9 Å². The first-order valence-corrected chi connectivity index (χ1v) is 8.02. The number of hydrogen-bond donors (Lipinski definition) is 3. The van der Waals surface area contributed by atoms with E-state index in [2.05, 4.69) is 53.9 Å². The molecule has 0 heterocycles. The van der Waals surface area contributed by atoms with E-state index in [0.29, 0.717) is 6.04 Å². The number of carbonyl (C=O) groups is 2. The van der Waals surface area contributed by atoms with Gasteiger partial charge in [0, 0.05) is 9.61 Å². The van der Waals surface area contributed by atoms with Crippen molar-refractivity contribution in [1.82, 2.24) is 5.32 Å². The Hall–Kier alpha value is -1.35. The molecule has 0 fully saturated rings. The van der Waals surface area contributed by atoms with E-state index in [1.54, 1.807) is 0 Å². The number of aliphatic carboxylic acids is 2. The molecule has 0 saturated carbocycles. The van der Waals surface area contributed by atoms with Crippen LogP contribution in [0.3, 0.4) is 0 Å². The molecule has 3 N–H and O–H groups in total. The minimum absolute atomic E-state index is 0.610. The summed E-state index contributed by atoms with van der Waals surface area (Å²) in [6, 6.07) is 8.77. The van der Waals surface area contributed by atoms with Crippen LogP contribution < -0.4 is 10.1 Å². The van der Waals surface area contributed by atoms with Crippen LogP contribution in [0.4, 0.5) is 0 Å². The first-order valence-electron chi connectivity index (χ1n) is 6.94. The highest BCUT2D eigenvalue weighted by Crippen LogP contribution is 2.13. The Morgan fingerprint density at radius 2 is 1.77 bits per heavy atom. The minimum Gasteiger partial charge on any atom is -0.494 e. The van der Waals surface area contributed by atoms with E-state index in [-0.39, 0.29) is 0 Å². The van der Waals surface area contributed by atoms with Crippen molar-refractivity contribution in [2.45, 2.75) is 32.7 Å². The van der Waals surface area contributed by atoms with Crippen molar-refractivity contribution < 1.29 is 24.5 Å². The number of nitrogens with one attached hydrogen (secondary N) is 1. The Morgan fingerprint density at radius 1 is 1.23 bits per heavy atom. The average Bonchev–Trinajstić information content (AvgIpc) is 2.49. The lowest BCUT2D eigenvalue weighted by Crippen LogP contribution is -2.27. The first kappa shape index (κ1) is 20.6. The smallest absolute Gasteiger partial charge is 0.414 e. The fourth-order valence-corrected chi connectivity index (χ4v) is 1.65. The number of halogens is 1. The topological polar surface area (TPSA) is 95.9 Å². The Morgan fingerprint density at radius 3 is 2.23 bits per heavy atom. The molecule has 6 nitrogen and oxygen atoms in total. The predicted octanol–water partition coefficient (Wildman–Crippen LogP) is 2.60. The standard InChI is InChI=1S/C13H20INO.C2H2O4/c1-3-11(2)15-9-4-10-16-13-7-5-12(14)6-8-13;3-1(4)2(5)6/h5-8,11,15H,3-4,9-10H2,1-2H3;(H,3,4)(H,5,6). The maximum absolute atomic E-state index is 9.10. The third-order valence-electron chi connectivity index (χ3n) is 2.69. The van der Waals surface area contributed by atoms with Crippen molar-refractivity contribution in [2.24, 2.45) is 0 Å². The summed E-state index contributed by atoms with van der Waals surface area (Å²) < 4.78 is 6.87. The second kappa shape index (κ2) is 12.2. The lowest BCUT2D eigenvalue weighted by Gasteiger charge is -2.11. The summed E-state index contributed by atoms with van der Waals surface area (Å²) in [6.45, 7) is 6.21. The van der Waals surface area contributed by atoms with Crippen LogP contribution in [-0.2, 0) is 9.59 Å². The van der Waals surface area contributed by atoms with Gasteiger partial charge in [0.2, 0.25) is 0 Å². The Kier molecular flexibility index (Phi) is 11.5. The average molecular weight is 423 g/mol. The molecular formula is C15H22INO5. The van der Waals surface area contributed by atoms with E-state index in [0.717, 1.165) is 25.3 Å². The normalized spacial score (nSPS) is 11.0. The number of benzene rings is 1. The van der Waals surface area contributed by atoms with Gasteiger partial charge in [-0.25, -0.2) is 9.59 Å². The van der Waals surface area contributed by atoms with Gasteiger partial charge < -0.3 is 20.3 Å². The molecular weight excluding hydrogens is 401 g/mol. The van der Waals surface area contributed by atoms with Gasteiger partial charge in [0.05, 0.1) is 6.61 Å². The number of ether oxygens (including phenoxy) is 1. The van der Waals surface area contributed by atoms with Crippen molar-refractivity contribution in [2.75, 3.05) is 13.2 Å². The maximum Gasteiger partial charge on any atom is 0.414 e. The Balaban J connectivity index is 0.000000626. The van der Waals surface area contributed by atoms with Gasteiger partial charge in [-0.2, -0.15) is 0 Å². The molecule has 0 spiro atoms. The maximum atomic E-state index is 9.10. The molecule has 124 valence electrons. The number of carboxylic acids is 2. The molecule has 1 aromatic carbocycles. The van der Waals surface area contributed by atoms with E-state index >= 15 is 0 Å². The van der Waals surface area contributed by atoms with Crippen LogP contribution in [-0.4, -0.2) is 41.3 Å². The van der Waals surface area contributed by atoms with Gasteiger partial charge in [0.15, 0.2) is 0 Å². The zero-order valence-corrected chi connectivity index (χ0v) is 14.9. The largest absolute Gasteiger partial charge is 0.494 e. The molecule has 1 unspecified atom stereocenters. The zero-order valence-electron chi connectivity index (χ0n) is 12.7. The summed E-state index contributed by atoms with van der Waals surface area (Å²) >= 11 is 2.29. The Labute approximate surface area is 144 Å². The van der Waals surface area contributed by atoms with Crippen LogP contribution in [0.2, 0.25) is 0 Å². The summed E-state index contributed by atoms with van der Waals surface area (Å²) in [5, 5.41) is 18.2. The summed E-state index contributed by atoms with van der Waals surface area (Å²) in [5.74, 6) is -2.69. The van der Waals surface area contributed by atoms with Gasteiger partial charge in [0.1, 0.15) is 5.75 Å². The highest BCUT2D eigenvalue weighted by Gasteiger charge is 2.04. The second-order valence-corrected chi connectivity index (χ2v) is 5.78. The van der Waals surface area contributed by atoms with Crippen LogP contribution in [0.15, 0.2) is 24.3 Å². The Bertz CT molecular complexity index is 438. The number of carboxylic acid groups (broad SMARTS) is 2. The van der Waals surface area contributed by atoms with E-state index in [9.17, 15) is 0 Å². The fraction of sp³-hybridized carbons (Fsp3) is 0.467. The summed E-state index contributed by atoms with van der Waals surface area (Å²) in [4.78, 5) is 18.2. The van der Waals surface area contributed by atoms with Gasteiger partial charge in [0.25, 0.3) is 0 Å². The van der Waals surface area contributed by atoms with Gasteiger partial charge in [-0.15, -0.1) is 0 Å². The van der Waals surface area contributed by atoms with Crippen LogP contribution in [0.5, 0.6) is 5.75 Å². The molecule has 1 aromatic rings. The fourth-order valence-electron chi connectivity index (χ4n) is 1.29. The van der Waals surface area contributed by atoms with Crippen molar-refractivity contribution in [3.63, 3.8) is 0 Å². The van der Waals surface area contributed by atoms with Crippen LogP contribution in [0, 0.1) is 3.57 Å². The van der Waals surface area contributed by atoms with Crippen LogP contribution in [0.25, 0.3) is 0 Å². The molecule has 7 heteroatoms. The third kappa shape index (κ3) is 11.3. The SMILES string of the molecule is CCC(C)NCCCOc1ccc(I)cc1.O=C(O)C(=O)O. The summed E-state index contributed by atoms with van der Waals surface area (Å²) in [6.07, 6.45) is 2.23. The molecule has 0 amide bonds. The lowest BCUT2D eigenvalue weighted by molar-refractivity contribution is -0.159. The highest BCUT2D eigenvalue weighted by molar-refractivity contribution is 14.1. The molecule has 0 radical (unpaired) electrons. The predicted molar refractivity (Wildman–Crippen MR) is 92.3 cm³/mol. The van der Waals surface area contributed by atoms with Crippen molar-refractivity contribution in [1.29, 1.82) is 0 Å². The molecule has 0 aromatic heterocycles. The second-order valence-electron chi connectivity index (χ2n) is 4.53.